The molecule has 1 aliphatic rings. The molecule has 4 atom stereocenters. The molecule has 2 amide bonds. The van der Waals surface area contributed by atoms with Crippen molar-refractivity contribution in [3.8, 4) is 0 Å². The molecule has 0 spiro atoms. The van der Waals surface area contributed by atoms with E-state index in [9.17, 15) is 19.2 Å². The summed E-state index contributed by atoms with van der Waals surface area (Å²) in [5.41, 5.74) is -0.799. The van der Waals surface area contributed by atoms with Crippen molar-refractivity contribution in [1.82, 2.24) is 10.6 Å². The van der Waals surface area contributed by atoms with Gasteiger partial charge >= 0.3 is 18.0 Å². The van der Waals surface area contributed by atoms with E-state index in [2.05, 4.69) is 10.6 Å². The Morgan fingerprint density at radius 3 is 2.06 bits per heavy atom. The number of ether oxygens (including phenoxy) is 4. The summed E-state index contributed by atoms with van der Waals surface area (Å²) in [5.74, 6) is -1.81. The van der Waals surface area contributed by atoms with Crippen LogP contribution in [0.4, 0.5) is 4.79 Å². The second kappa shape index (κ2) is 11.8. The molecule has 0 bridgehead atoms. The van der Waals surface area contributed by atoms with Crippen molar-refractivity contribution in [2.24, 2.45) is 0 Å². The zero-order valence-corrected chi connectivity index (χ0v) is 20.1. The van der Waals surface area contributed by atoms with E-state index < -0.39 is 47.9 Å². The molecule has 10 heteroatoms. The smallest absolute Gasteiger partial charge is 0.408 e. The third-order valence-electron chi connectivity index (χ3n) is 4.74. The number of nitrogens with one attached hydrogen (secondary N) is 2. The highest BCUT2D eigenvalue weighted by Crippen LogP contribution is 2.28. The molecule has 0 aliphatic heterocycles. The lowest BCUT2D eigenvalue weighted by molar-refractivity contribution is -0.150. The number of amides is 2. The van der Waals surface area contributed by atoms with Crippen LogP contribution in [-0.4, -0.2) is 67.0 Å². The van der Waals surface area contributed by atoms with Crippen LogP contribution in [0.1, 0.15) is 61.3 Å². The van der Waals surface area contributed by atoms with E-state index in [1.807, 2.05) is 13.8 Å². The van der Waals surface area contributed by atoms with Crippen LogP contribution in [0.15, 0.2) is 11.6 Å². The Hall–Kier alpha value is -2.62. The molecule has 0 heterocycles. The number of carbonyl (C=O) groups excluding carboxylic acids is 4. The van der Waals surface area contributed by atoms with Crippen molar-refractivity contribution in [3.05, 3.63) is 11.6 Å². The van der Waals surface area contributed by atoms with Crippen molar-refractivity contribution in [1.29, 1.82) is 0 Å². The van der Waals surface area contributed by atoms with E-state index in [0.29, 0.717) is 12.8 Å². The van der Waals surface area contributed by atoms with E-state index in [1.54, 1.807) is 20.8 Å². The van der Waals surface area contributed by atoms with Crippen molar-refractivity contribution in [3.63, 3.8) is 0 Å². The molecule has 2 N–H and O–H groups in total. The molecule has 32 heavy (non-hydrogen) atoms. The number of methoxy groups -OCH3 is 1. The van der Waals surface area contributed by atoms with Gasteiger partial charge in [-0.25, -0.2) is 9.59 Å². The number of hydrogen-bond donors (Lipinski definition) is 2. The van der Waals surface area contributed by atoms with E-state index in [0.717, 1.165) is 0 Å². The minimum absolute atomic E-state index is 0.00122. The number of esters is 2. The molecule has 0 fully saturated rings. The Balaban J connectivity index is 3.54. The Labute approximate surface area is 189 Å². The van der Waals surface area contributed by atoms with Gasteiger partial charge in [0.15, 0.2) is 6.10 Å². The van der Waals surface area contributed by atoms with Crippen LogP contribution in [0.2, 0.25) is 0 Å². The topological polar surface area (TPSA) is 129 Å². The molecule has 1 rings (SSSR count). The zero-order valence-electron chi connectivity index (χ0n) is 20.1. The summed E-state index contributed by atoms with van der Waals surface area (Å²) in [6, 6.07) is -1.91. The van der Waals surface area contributed by atoms with Gasteiger partial charge in [-0.05, 0) is 39.7 Å². The highest BCUT2D eigenvalue weighted by atomic mass is 16.6. The number of rotatable bonds is 8. The first kappa shape index (κ1) is 27.4. The summed E-state index contributed by atoms with van der Waals surface area (Å²) < 4.78 is 21.8. The third kappa shape index (κ3) is 8.14. The molecule has 0 saturated heterocycles. The van der Waals surface area contributed by atoms with Crippen LogP contribution < -0.4 is 10.6 Å². The maximum Gasteiger partial charge on any atom is 0.408 e. The predicted octanol–water partition coefficient (Wildman–Crippen LogP) is 2.00. The molecule has 0 aromatic rings. The minimum atomic E-state index is -1.23. The lowest BCUT2D eigenvalue weighted by atomic mass is 9.84. The molecular weight excluding hydrogens is 420 g/mol. The number of hydrogen-bond acceptors (Lipinski definition) is 8. The van der Waals surface area contributed by atoms with Gasteiger partial charge in [0, 0.05) is 13.8 Å². The van der Waals surface area contributed by atoms with Crippen LogP contribution in [0.5, 0.6) is 0 Å². The lowest BCUT2D eigenvalue weighted by Crippen LogP contribution is -2.65. The van der Waals surface area contributed by atoms with Gasteiger partial charge in [-0.3, -0.25) is 9.59 Å². The number of alkyl carbamates (subject to hydrolysis) is 1. The van der Waals surface area contributed by atoms with Crippen LogP contribution in [0, 0.1) is 0 Å². The summed E-state index contributed by atoms with van der Waals surface area (Å²) in [6.07, 6.45) is -0.139. The van der Waals surface area contributed by atoms with Crippen molar-refractivity contribution in [2.45, 2.75) is 97.3 Å². The minimum Gasteiger partial charge on any atom is -0.466 e. The van der Waals surface area contributed by atoms with Crippen LogP contribution >= 0.6 is 0 Å². The average Bonchev–Trinajstić information content (AvgIpc) is 2.66. The second-order valence-electron chi connectivity index (χ2n) is 8.58. The standard InChI is InChI=1S/C22H36N2O8/c1-9-14(10-2)31-16-11-15(20(27)29-8)19(30-13(4)26)18(17(16)23-12(3)25)24-21(28)32-22(5,6)7/h11,14,16-19H,9-10H2,1-8H3,(H,23,25)(H,24,28)/t16-,17+,18-,19-/m1/s1. The van der Waals surface area contributed by atoms with Crippen LogP contribution in [0.3, 0.4) is 0 Å². The zero-order chi connectivity index (χ0) is 24.6. The van der Waals surface area contributed by atoms with Gasteiger partial charge in [0.2, 0.25) is 5.91 Å². The fraction of sp³-hybridized carbons (Fsp3) is 0.727. The van der Waals surface area contributed by atoms with Crippen LogP contribution in [-0.2, 0) is 33.3 Å². The highest BCUT2D eigenvalue weighted by Gasteiger charge is 2.47. The van der Waals surface area contributed by atoms with Gasteiger partial charge in [0.25, 0.3) is 0 Å². The van der Waals surface area contributed by atoms with Crippen molar-refractivity contribution in [2.75, 3.05) is 7.11 Å². The van der Waals surface area contributed by atoms with Crippen molar-refractivity contribution >= 4 is 23.9 Å². The highest BCUT2D eigenvalue weighted by molar-refractivity contribution is 5.91. The second-order valence-corrected chi connectivity index (χ2v) is 8.58. The molecular formula is C22H36N2O8. The molecule has 1 aliphatic carbocycles. The Bertz CT molecular complexity index is 724. The maximum atomic E-state index is 12.6. The van der Waals surface area contributed by atoms with E-state index >= 15 is 0 Å². The molecule has 0 aromatic carbocycles. The summed E-state index contributed by atoms with van der Waals surface area (Å²) in [4.78, 5) is 49.0. The van der Waals surface area contributed by atoms with E-state index in [4.69, 9.17) is 18.9 Å². The van der Waals surface area contributed by atoms with Gasteiger partial charge < -0.3 is 29.6 Å². The van der Waals surface area contributed by atoms with Gasteiger partial charge in [-0.15, -0.1) is 0 Å². The van der Waals surface area contributed by atoms with Gasteiger partial charge in [0.05, 0.1) is 37.0 Å². The van der Waals surface area contributed by atoms with E-state index in [-0.39, 0.29) is 17.6 Å². The largest absolute Gasteiger partial charge is 0.466 e. The summed E-state index contributed by atoms with van der Waals surface area (Å²) in [5, 5.41) is 5.42. The fourth-order valence-corrected chi connectivity index (χ4v) is 3.42. The molecule has 0 unspecified atom stereocenters. The molecule has 182 valence electrons. The summed E-state index contributed by atoms with van der Waals surface area (Å²) in [6.45, 7) is 11.5. The Morgan fingerprint density at radius 2 is 1.62 bits per heavy atom. The SMILES string of the molecule is CCC(CC)O[C@@H]1C=C(C(=O)OC)[C@@H](OC(C)=O)[C@H](NC(=O)OC(C)(C)C)[C@H]1NC(C)=O. The van der Waals surface area contributed by atoms with Gasteiger partial charge in [-0.1, -0.05) is 13.8 Å². The lowest BCUT2D eigenvalue weighted by Gasteiger charge is -2.42. The third-order valence-corrected chi connectivity index (χ3v) is 4.74. The fourth-order valence-electron chi connectivity index (χ4n) is 3.42. The maximum absolute atomic E-state index is 12.6. The van der Waals surface area contributed by atoms with Gasteiger partial charge in [-0.2, -0.15) is 0 Å². The molecule has 0 aromatic heterocycles. The first-order chi connectivity index (χ1) is 14.8. The normalized spacial score (nSPS) is 23.1. The predicted molar refractivity (Wildman–Crippen MR) is 116 cm³/mol. The summed E-state index contributed by atoms with van der Waals surface area (Å²) in [7, 11) is 1.20. The quantitative estimate of drug-likeness (QED) is 0.419. The first-order valence-electron chi connectivity index (χ1n) is 10.7. The van der Waals surface area contributed by atoms with E-state index in [1.165, 1.54) is 27.0 Å². The average molecular weight is 457 g/mol. The summed E-state index contributed by atoms with van der Waals surface area (Å²) >= 11 is 0. The monoisotopic (exact) mass is 456 g/mol. The molecule has 0 radical (unpaired) electrons. The number of carbonyl (C=O) groups is 4. The molecule has 10 nitrogen and oxygen atoms in total. The molecule has 0 saturated carbocycles. The Morgan fingerprint density at radius 1 is 1.03 bits per heavy atom. The Kier molecular flexibility index (Phi) is 10.1. The van der Waals surface area contributed by atoms with Gasteiger partial charge in [0.1, 0.15) is 5.60 Å². The van der Waals surface area contributed by atoms with Crippen LogP contribution in [0.25, 0.3) is 0 Å². The first-order valence-corrected chi connectivity index (χ1v) is 10.7. The van der Waals surface area contributed by atoms with Crippen molar-refractivity contribution < 1.29 is 38.1 Å².